The number of hydrogen-bond donors (Lipinski definition) is 1. The van der Waals surface area contributed by atoms with Crippen molar-refractivity contribution in [1.29, 1.82) is 0 Å². The normalized spacial score (nSPS) is 11.1. The summed E-state index contributed by atoms with van der Waals surface area (Å²) in [5.41, 5.74) is 6.13. The van der Waals surface area contributed by atoms with Crippen molar-refractivity contribution in [2.24, 2.45) is 0 Å². The molecule has 0 radical (unpaired) electrons. The zero-order valence-corrected chi connectivity index (χ0v) is 19.6. The lowest BCUT2D eigenvalue weighted by Crippen LogP contribution is -2.20. The first-order valence-electron chi connectivity index (χ1n) is 10.0. The number of carbonyl (C=O) groups is 1. The predicted molar refractivity (Wildman–Crippen MR) is 135 cm³/mol. The summed E-state index contributed by atoms with van der Waals surface area (Å²) < 4.78 is 0. The topological polar surface area (TPSA) is 42.0 Å². The van der Waals surface area contributed by atoms with Gasteiger partial charge in [0.05, 0.1) is 5.69 Å². The summed E-state index contributed by atoms with van der Waals surface area (Å²) in [6.07, 6.45) is 3.14. The molecule has 0 atom stereocenters. The molecule has 1 heterocycles. The summed E-state index contributed by atoms with van der Waals surface area (Å²) >= 11 is 13.6. The third kappa shape index (κ3) is 5.65. The highest BCUT2D eigenvalue weighted by atomic mass is 35.5. The summed E-state index contributed by atoms with van der Waals surface area (Å²) in [7, 11) is 0. The second-order valence-electron chi connectivity index (χ2n) is 7.32. The van der Waals surface area contributed by atoms with E-state index < -0.39 is 0 Å². The third-order valence-corrected chi connectivity index (χ3v) is 6.35. The summed E-state index contributed by atoms with van der Waals surface area (Å²) in [4.78, 5) is 16.9. The largest absolute Gasteiger partial charge is 0.348 e. The Balaban J connectivity index is 1.35. The number of benzene rings is 3. The lowest BCUT2D eigenvalue weighted by atomic mass is 10.1. The van der Waals surface area contributed by atoms with E-state index in [1.807, 2.05) is 24.3 Å². The number of nitrogens with zero attached hydrogens (tertiary/aromatic N) is 1. The molecule has 3 aromatic carbocycles. The van der Waals surface area contributed by atoms with E-state index in [0.717, 1.165) is 33.0 Å². The van der Waals surface area contributed by atoms with E-state index in [0.29, 0.717) is 16.6 Å². The van der Waals surface area contributed by atoms with Gasteiger partial charge >= 0.3 is 0 Å². The highest BCUT2D eigenvalue weighted by molar-refractivity contribution is 7.13. The van der Waals surface area contributed by atoms with Crippen molar-refractivity contribution in [3.05, 3.63) is 105 Å². The number of amides is 1. The van der Waals surface area contributed by atoms with Crippen LogP contribution in [0.5, 0.6) is 0 Å². The molecule has 0 fully saturated rings. The van der Waals surface area contributed by atoms with Gasteiger partial charge < -0.3 is 5.32 Å². The average Bonchev–Trinajstić information content (AvgIpc) is 3.28. The Morgan fingerprint density at radius 3 is 2.44 bits per heavy atom. The van der Waals surface area contributed by atoms with Crippen LogP contribution in [-0.2, 0) is 11.3 Å². The van der Waals surface area contributed by atoms with Gasteiger partial charge in [0, 0.05) is 39.2 Å². The van der Waals surface area contributed by atoms with Crippen LogP contribution in [0.25, 0.3) is 27.9 Å². The Hall–Kier alpha value is -2.92. The lowest BCUT2D eigenvalue weighted by molar-refractivity contribution is -0.116. The third-order valence-electron chi connectivity index (χ3n) is 4.90. The number of aryl methyl sites for hydroxylation is 1. The smallest absolute Gasteiger partial charge is 0.244 e. The molecule has 0 bridgehead atoms. The molecule has 1 amide bonds. The van der Waals surface area contributed by atoms with Crippen molar-refractivity contribution in [2.45, 2.75) is 13.5 Å². The van der Waals surface area contributed by atoms with E-state index in [-0.39, 0.29) is 5.91 Å². The molecule has 4 aromatic rings. The van der Waals surface area contributed by atoms with Crippen LogP contribution in [0.1, 0.15) is 16.7 Å². The van der Waals surface area contributed by atoms with Gasteiger partial charge in [-0.3, -0.25) is 4.79 Å². The number of hydrogen-bond acceptors (Lipinski definition) is 3. The molecule has 1 N–H and O–H groups in total. The quantitative estimate of drug-likeness (QED) is 0.293. The fourth-order valence-electron chi connectivity index (χ4n) is 3.08. The first-order valence-corrected chi connectivity index (χ1v) is 11.6. The van der Waals surface area contributed by atoms with E-state index in [2.05, 4.69) is 41.9 Å². The molecule has 32 heavy (non-hydrogen) atoms. The minimum absolute atomic E-state index is 0.192. The van der Waals surface area contributed by atoms with Gasteiger partial charge in [-0.2, -0.15) is 0 Å². The minimum atomic E-state index is -0.192. The van der Waals surface area contributed by atoms with Crippen LogP contribution in [0.2, 0.25) is 10.0 Å². The Morgan fingerprint density at radius 2 is 1.72 bits per heavy atom. The molecule has 0 saturated heterocycles. The van der Waals surface area contributed by atoms with Crippen molar-refractivity contribution >= 4 is 46.5 Å². The molecule has 0 unspecified atom stereocenters. The molecule has 160 valence electrons. The highest BCUT2D eigenvalue weighted by Gasteiger charge is 2.07. The summed E-state index contributed by atoms with van der Waals surface area (Å²) in [6, 6.07) is 21.6. The van der Waals surface area contributed by atoms with Gasteiger partial charge in [-0.05, 0) is 36.3 Å². The first-order chi connectivity index (χ1) is 15.5. The number of thiazole rings is 1. The lowest BCUT2D eigenvalue weighted by Gasteiger charge is -2.04. The van der Waals surface area contributed by atoms with Crippen molar-refractivity contribution < 1.29 is 4.79 Å². The molecule has 0 spiro atoms. The molecule has 0 aliphatic carbocycles. The van der Waals surface area contributed by atoms with Gasteiger partial charge in [-0.25, -0.2) is 4.98 Å². The number of carbonyl (C=O) groups excluding carboxylic acids is 1. The van der Waals surface area contributed by atoms with Crippen LogP contribution < -0.4 is 5.32 Å². The first kappa shape index (κ1) is 22.3. The van der Waals surface area contributed by atoms with Crippen LogP contribution in [0.4, 0.5) is 0 Å². The molecule has 0 aliphatic rings. The maximum Gasteiger partial charge on any atom is 0.244 e. The van der Waals surface area contributed by atoms with Gasteiger partial charge in [-0.1, -0.05) is 83.4 Å². The molecular formula is C26H20Cl2N2OS. The van der Waals surface area contributed by atoms with Crippen molar-refractivity contribution in [2.75, 3.05) is 0 Å². The highest BCUT2D eigenvalue weighted by Crippen LogP contribution is 2.29. The van der Waals surface area contributed by atoms with Crippen LogP contribution in [-0.4, -0.2) is 10.9 Å². The fourth-order valence-corrected chi connectivity index (χ4v) is 4.39. The van der Waals surface area contributed by atoms with Crippen molar-refractivity contribution in [3.8, 4) is 21.8 Å². The number of rotatable bonds is 6. The van der Waals surface area contributed by atoms with Crippen molar-refractivity contribution in [3.63, 3.8) is 0 Å². The second kappa shape index (κ2) is 10.1. The van der Waals surface area contributed by atoms with Crippen molar-refractivity contribution in [1.82, 2.24) is 10.3 Å². The van der Waals surface area contributed by atoms with Gasteiger partial charge in [0.15, 0.2) is 0 Å². The van der Waals surface area contributed by atoms with Gasteiger partial charge in [0.2, 0.25) is 5.91 Å². The van der Waals surface area contributed by atoms with E-state index in [1.54, 1.807) is 35.6 Å². The van der Waals surface area contributed by atoms with Crippen LogP contribution >= 0.6 is 34.5 Å². The Kier molecular flexibility index (Phi) is 7.05. The van der Waals surface area contributed by atoms with Crippen LogP contribution in [0, 0.1) is 6.92 Å². The van der Waals surface area contributed by atoms with Gasteiger partial charge in [0.25, 0.3) is 0 Å². The zero-order valence-electron chi connectivity index (χ0n) is 17.3. The Morgan fingerprint density at radius 1 is 1.00 bits per heavy atom. The van der Waals surface area contributed by atoms with E-state index >= 15 is 0 Å². The maximum atomic E-state index is 12.1. The van der Waals surface area contributed by atoms with Gasteiger partial charge in [-0.15, -0.1) is 11.3 Å². The predicted octanol–water partition coefficient (Wildman–Crippen LogP) is 7.42. The molecular weight excluding hydrogens is 459 g/mol. The molecule has 3 nitrogen and oxygen atoms in total. The number of aromatic nitrogens is 1. The maximum absolute atomic E-state index is 12.1. The SMILES string of the molecule is Cc1ccc(-c2csc(-c3ccc(CNC(=O)/C=C/c4ccc(Cl)cc4Cl)cc3)n2)cc1. The van der Waals surface area contributed by atoms with E-state index in [9.17, 15) is 4.79 Å². The number of halogens is 2. The van der Waals surface area contributed by atoms with Crippen LogP contribution in [0.3, 0.4) is 0 Å². The Bertz CT molecular complexity index is 1260. The number of nitrogens with one attached hydrogen (secondary N) is 1. The fraction of sp³-hybridized carbons (Fsp3) is 0.0769. The van der Waals surface area contributed by atoms with E-state index in [1.165, 1.54) is 11.6 Å². The Labute approximate surface area is 201 Å². The summed E-state index contributed by atoms with van der Waals surface area (Å²) in [6.45, 7) is 2.51. The average molecular weight is 479 g/mol. The van der Waals surface area contributed by atoms with Crippen LogP contribution in [0.15, 0.2) is 78.2 Å². The second-order valence-corrected chi connectivity index (χ2v) is 9.02. The molecule has 0 aliphatic heterocycles. The van der Waals surface area contributed by atoms with Gasteiger partial charge in [0.1, 0.15) is 5.01 Å². The van der Waals surface area contributed by atoms with E-state index in [4.69, 9.17) is 28.2 Å². The monoisotopic (exact) mass is 478 g/mol. The molecule has 4 rings (SSSR count). The summed E-state index contributed by atoms with van der Waals surface area (Å²) in [5, 5.41) is 6.99. The molecule has 1 aromatic heterocycles. The zero-order chi connectivity index (χ0) is 22.5. The minimum Gasteiger partial charge on any atom is -0.348 e. The standard InChI is InChI=1S/C26H20Cl2N2OS/c1-17-2-6-20(7-3-17)24-16-32-26(30-24)21-8-4-18(5-9-21)15-29-25(31)13-11-19-10-12-22(27)14-23(19)28/h2-14,16H,15H2,1H3,(H,29,31)/b13-11+. The molecule has 6 heteroatoms. The summed E-state index contributed by atoms with van der Waals surface area (Å²) in [5.74, 6) is -0.192. The molecule has 0 saturated carbocycles.